The summed E-state index contributed by atoms with van der Waals surface area (Å²) in [5.41, 5.74) is 2.37. The van der Waals surface area contributed by atoms with E-state index in [0.717, 1.165) is 11.1 Å². The molecular formula is C18H17NO3. The van der Waals surface area contributed by atoms with Crippen LogP contribution in [0.5, 0.6) is 0 Å². The van der Waals surface area contributed by atoms with E-state index in [-0.39, 0.29) is 12.3 Å². The lowest BCUT2D eigenvalue weighted by Crippen LogP contribution is -2.31. The third-order valence-electron chi connectivity index (χ3n) is 3.24. The first-order chi connectivity index (χ1) is 10.6. The fourth-order valence-corrected chi connectivity index (χ4v) is 1.94. The molecule has 0 atom stereocenters. The highest BCUT2D eigenvalue weighted by molar-refractivity contribution is 6.40. The van der Waals surface area contributed by atoms with Crippen LogP contribution in [0.15, 0.2) is 54.6 Å². The first-order valence-corrected chi connectivity index (χ1v) is 7.01. The lowest BCUT2D eigenvalue weighted by Gasteiger charge is -2.04. The Balaban J connectivity index is 1.87. The average molecular weight is 295 g/mol. The molecule has 0 fully saturated rings. The average Bonchev–Trinajstić information content (AvgIpc) is 2.54. The van der Waals surface area contributed by atoms with Gasteiger partial charge in [0.15, 0.2) is 5.78 Å². The molecule has 0 aliphatic carbocycles. The number of rotatable bonds is 6. The molecule has 4 nitrogen and oxygen atoms in total. The van der Waals surface area contributed by atoms with Crippen molar-refractivity contribution < 1.29 is 14.4 Å². The number of carbonyl (C=O) groups excluding carboxylic acids is 3. The van der Waals surface area contributed by atoms with E-state index in [1.165, 1.54) is 0 Å². The van der Waals surface area contributed by atoms with Crippen molar-refractivity contribution in [3.8, 4) is 0 Å². The van der Waals surface area contributed by atoms with E-state index in [9.17, 15) is 14.4 Å². The summed E-state index contributed by atoms with van der Waals surface area (Å²) in [7, 11) is 0. The number of amides is 1. The monoisotopic (exact) mass is 295 g/mol. The van der Waals surface area contributed by atoms with E-state index < -0.39 is 18.1 Å². The van der Waals surface area contributed by atoms with Crippen molar-refractivity contribution in [1.29, 1.82) is 0 Å². The van der Waals surface area contributed by atoms with Gasteiger partial charge >= 0.3 is 0 Å². The molecule has 0 heterocycles. The fourth-order valence-electron chi connectivity index (χ4n) is 1.94. The summed E-state index contributed by atoms with van der Waals surface area (Å²) in [5, 5.41) is 2.52. The maximum Gasteiger partial charge on any atom is 0.288 e. The van der Waals surface area contributed by atoms with Gasteiger partial charge in [0, 0.05) is 12.1 Å². The quantitative estimate of drug-likeness (QED) is 0.506. The summed E-state index contributed by atoms with van der Waals surface area (Å²) in [6, 6.07) is 16.2. The second-order valence-corrected chi connectivity index (χ2v) is 5.06. The van der Waals surface area contributed by atoms with Crippen molar-refractivity contribution in [2.24, 2.45) is 0 Å². The van der Waals surface area contributed by atoms with Gasteiger partial charge in [0.1, 0.15) is 0 Å². The van der Waals surface area contributed by atoms with Crippen LogP contribution < -0.4 is 5.32 Å². The number of ketones is 2. The van der Waals surface area contributed by atoms with E-state index in [0.29, 0.717) is 5.56 Å². The van der Waals surface area contributed by atoms with Crippen LogP contribution in [0.1, 0.15) is 27.9 Å². The molecule has 112 valence electrons. The zero-order valence-corrected chi connectivity index (χ0v) is 12.3. The molecule has 2 aromatic rings. The molecule has 0 spiro atoms. The normalized spacial score (nSPS) is 10.0. The summed E-state index contributed by atoms with van der Waals surface area (Å²) in [6.45, 7) is 2.18. The number of benzene rings is 2. The fraction of sp³-hybridized carbons (Fsp3) is 0.167. The predicted octanol–water partition coefficient (Wildman–Crippen LogP) is 2.45. The molecule has 0 radical (unpaired) electrons. The van der Waals surface area contributed by atoms with Gasteiger partial charge in [-0.05, 0) is 12.5 Å². The van der Waals surface area contributed by atoms with Crippen LogP contribution in [0.2, 0.25) is 0 Å². The number of carbonyl (C=O) groups is 3. The van der Waals surface area contributed by atoms with Crippen LogP contribution in [0, 0.1) is 6.92 Å². The van der Waals surface area contributed by atoms with E-state index in [2.05, 4.69) is 5.32 Å². The van der Waals surface area contributed by atoms with Crippen molar-refractivity contribution in [3.63, 3.8) is 0 Å². The van der Waals surface area contributed by atoms with Gasteiger partial charge in [0.2, 0.25) is 5.78 Å². The lowest BCUT2D eigenvalue weighted by atomic mass is 10.0. The zero-order valence-electron chi connectivity index (χ0n) is 12.3. The van der Waals surface area contributed by atoms with Crippen molar-refractivity contribution in [2.45, 2.75) is 19.9 Å². The van der Waals surface area contributed by atoms with Crippen molar-refractivity contribution in [2.75, 3.05) is 0 Å². The Morgan fingerprint density at radius 1 is 0.909 bits per heavy atom. The number of Topliss-reactive ketones (excluding diaryl/α,β-unsaturated/α-hetero) is 2. The molecule has 1 N–H and O–H groups in total. The maximum absolute atomic E-state index is 11.9. The van der Waals surface area contributed by atoms with Crippen LogP contribution in [0.4, 0.5) is 0 Å². The summed E-state index contributed by atoms with van der Waals surface area (Å²) < 4.78 is 0. The Kier molecular flexibility index (Phi) is 5.20. The maximum atomic E-state index is 11.9. The van der Waals surface area contributed by atoms with Crippen molar-refractivity contribution >= 4 is 17.5 Å². The summed E-state index contributed by atoms with van der Waals surface area (Å²) in [4.78, 5) is 35.5. The molecule has 0 aliphatic heterocycles. The van der Waals surface area contributed by atoms with E-state index in [1.807, 2.05) is 37.3 Å². The Bertz CT molecular complexity index is 675. The second-order valence-electron chi connectivity index (χ2n) is 5.06. The molecule has 2 rings (SSSR count). The molecule has 1 amide bonds. The third-order valence-corrected chi connectivity index (χ3v) is 3.24. The minimum Gasteiger partial charge on any atom is -0.345 e. The molecule has 0 aliphatic rings. The molecule has 0 saturated heterocycles. The van der Waals surface area contributed by atoms with Gasteiger partial charge in [0.25, 0.3) is 5.91 Å². The topological polar surface area (TPSA) is 63.2 Å². The summed E-state index contributed by atoms with van der Waals surface area (Å²) >= 11 is 0. The SMILES string of the molecule is Cc1ccc(C(=O)CC(=O)C(=O)NCc2ccccc2)cc1. The van der Waals surface area contributed by atoms with Crippen LogP contribution >= 0.6 is 0 Å². The van der Waals surface area contributed by atoms with Gasteiger partial charge in [-0.2, -0.15) is 0 Å². The Morgan fingerprint density at radius 3 is 2.18 bits per heavy atom. The van der Waals surface area contributed by atoms with Gasteiger partial charge in [-0.25, -0.2) is 0 Å². The van der Waals surface area contributed by atoms with Crippen LogP contribution in [-0.4, -0.2) is 17.5 Å². The highest BCUT2D eigenvalue weighted by atomic mass is 16.2. The summed E-state index contributed by atoms with van der Waals surface area (Å²) in [5.74, 6) is -1.80. The van der Waals surface area contributed by atoms with E-state index in [1.54, 1.807) is 24.3 Å². The Morgan fingerprint density at radius 2 is 1.55 bits per heavy atom. The van der Waals surface area contributed by atoms with Crippen molar-refractivity contribution in [3.05, 3.63) is 71.3 Å². The van der Waals surface area contributed by atoms with Crippen molar-refractivity contribution in [1.82, 2.24) is 5.32 Å². The zero-order chi connectivity index (χ0) is 15.9. The van der Waals surface area contributed by atoms with E-state index in [4.69, 9.17) is 0 Å². The minimum atomic E-state index is -0.732. The largest absolute Gasteiger partial charge is 0.345 e. The first kappa shape index (κ1) is 15.6. The molecule has 0 aromatic heterocycles. The molecule has 0 bridgehead atoms. The smallest absolute Gasteiger partial charge is 0.288 e. The van der Waals surface area contributed by atoms with Gasteiger partial charge in [-0.3, -0.25) is 14.4 Å². The minimum absolute atomic E-state index is 0.268. The van der Waals surface area contributed by atoms with Crippen LogP contribution in [-0.2, 0) is 16.1 Å². The third kappa shape index (κ3) is 4.38. The molecule has 0 unspecified atom stereocenters. The molecule has 4 heteroatoms. The van der Waals surface area contributed by atoms with Gasteiger partial charge in [-0.15, -0.1) is 0 Å². The van der Waals surface area contributed by atoms with Gasteiger partial charge < -0.3 is 5.32 Å². The Hall–Kier alpha value is -2.75. The number of hydrogen-bond donors (Lipinski definition) is 1. The summed E-state index contributed by atoms with van der Waals surface area (Å²) in [6.07, 6.45) is -0.413. The lowest BCUT2D eigenvalue weighted by molar-refractivity contribution is -0.137. The van der Waals surface area contributed by atoms with Gasteiger partial charge in [0.05, 0.1) is 6.42 Å². The predicted molar refractivity (Wildman–Crippen MR) is 83.4 cm³/mol. The first-order valence-electron chi connectivity index (χ1n) is 7.01. The molecule has 2 aromatic carbocycles. The molecule has 0 saturated carbocycles. The van der Waals surface area contributed by atoms with Crippen LogP contribution in [0.3, 0.4) is 0 Å². The number of aryl methyl sites for hydroxylation is 1. The Labute approximate surface area is 129 Å². The molecular weight excluding hydrogens is 278 g/mol. The highest BCUT2D eigenvalue weighted by Crippen LogP contribution is 2.06. The second kappa shape index (κ2) is 7.31. The molecule has 22 heavy (non-hydrogen) atoms. The van der Waals surface area contributed by atoms with E-state index >= 15 is 0 Å². The number of nitrogens with one attached hydrogen (secondary N) is 1. The highest BCUT2D eigenvalue weighted by Gasteiger charge is 2.18. The van der Waals surface area contributed by atoms with Crippen LogP contribution in [0.25, 0.3) is 0 Å². The number of hydrogen-bond acceptors (Lipinski definition) is 3. The standard InChI is InChI=1S/C18H17NO3/c1-13-7-9-15(10-8-13)16(20)11-17(21)18(22)19-12-14-5-3-2-4-6-14/h2-10H,11-12H2,1H3,(H,19,22). The van der Waals surface area contributed by atoms with Gasteiger partial charge in [-0.1, -0.05) is 60.2 Å².